The highest BCUT2D eigenvalue weighted by atomic mass is 32.1. The molecule has 0 saturated heterocycles. The Morgan fingerprint density at radius 3 is 2.54 bits per heavy atom. The van der Waals surface area contributed by atoms with Crippen molar-refractivity contribution in [2.45, 2.75) is 12.2 Å². The molecule has 3 N–H and O–H groups in total. The van der Waals surface area contributed by atoms with E-state index in [-0.39, 0.29) is 19.8 Å². The molecule has 7 heteroatoms. The van der Waals surface area contributed by atoms with Crippen molar-refractivity contribution in [1.82, 2.24) is 0 Å². The van der Waals surface area contributed by atoms with Crippen molar-refractivity contribution in [3.05, 3.63) is 0 Å². The summed E-state index contributed by atoms with van der Waals surface area (Å²) in [4.78, 5) is 10.8. The zero-order valence-electron chi connectivity index (χ0n) is 6.79. The number of aliphatic hydroxyl groups excluding tert-OH is 3. The van der Waals surface area contributed by atoms with Crippen molar-refractivity contribution in [1.29, 1.82) is 0 Å². The fourth-order valence-corrected chi connectivity index (χ4v) is 0.709. The Labute approximate surface area is 80.7 Å². The van der Waals surface area contributed by atoms with Gasteiger partial charge in [0.1, 0.15) is 12.7 Å². The summed E-state index contributed by atoms with van der Waals surface area (Å²) in [5.41, 5.74) is 0. The van der Waals surface area contributed by atoms with Crippen LogP contribution in [-0.2, 0) is 13.7 Å². The van der Waals surface area contributed by atoms with Crippen LogP contribution in [0.1, 0.15) is 0 Å². The molecule has 6 nitrogen and oxygen atoms in total. The smallest absolute Gasteiger partial charge is 0.337 e. The van der Waals surface area contributed by atoms with Gasteiger partial charge >= 0.3 is 5.97 Å². The second kappa shape index (κ2) is 7.10. The van der Waals surface area contributed by atoms with Crippen molar-refractivity contribution in [2.75, 3.05) is 19.8 Å². The van der Waals surface area contributed by atoms with Crippen molar-refractivity contribution in [3.63, 3.8) is 0 Å². The number of carbonyl (C=O) groups is 1. The molecule has 2 atom stereocenters. The second-order valence-electron chi connectivity index (χ2n) is 2.20. The molecule has 0 heterocycles. The maximum atomic E-state index is 10.8. The summed E-state index contributed by atoms with van der Waals surface area (Å²) in [5.74, 6) is -1.01. The summed E-state index contributed by atoms with van der Waals surface area (Å²) in [6, 6.07) is 0. The molecule has 0 aliphatic carbocycles. The van der Waals surface area contributed by atoms with Crippen LogP contribution in [-0.4, -0.2) is 53.3 Å². The molecule has 0 saturated carbocycles. The summed E-state index contributed by atoms with van der Waals surface area (Å²) in [6.45, 7) is -0.847. The largest absolute Gasteiger partial charge is 0.461 e. The monoisotopic (exact) mass is 212 g/mol. The van der Waals surface area contributed by atoms with Gasteiger partial charge in [-0.3, -0.25) is 0 Å². The molecule has 0 aromatic rings. The van der Waals surface area contributed by atoms with E-state index < -0.39 is 18.2 Å². The predicted octanol–water partition coefficient (Wildman–Crippen LogP) is -1.89. The number of aliphatic hydroxyl groups is 3. The van der Waals surface area contributed by atoms with E-state index in [1.807, 2.05) is 0 Å². The second-order valence-corrected chi connectivity index (χ2v) is 2.46. The lowest BCUT2D eigenvalue weighted by Crippen LogP contribution is -2.38. The Kier molecular flexibility index (Phi) is 6.92. The molecule has 2 unspecified atom stereocenters. The van der Waals surface area contributed by atoms with Crippen LogP contribution in [0.2, 0.25) is 0 Å². The van der Waals surface area contributed by atoms with Crippen LogP contribution in [0.3, 0.4) is 0 Å². The topological polar surface area (TPSA) is 96.2 Å². The summed E-state index contributed by atoms with van der Waals surface area (Å²) in [6.07, 6.45) is -3.07. The van der Waals surface area contributed by atoms with Crippen molar-refractivity contribution in [3.8, 4) is 0 Å². The summed E-state index contributed by atoms with van der Waals surface area (Å²) in [7, 11) is 0. The van der Waals surface area contributed by atoms with E-state index in [4.69, 9.17) is 15.3 Å². The molecule has 0 aromatic heterocycles. The molecule has 0 spiro atoms. The fourth-order valence-electron chi connectivity index (χ4n) is 0.556. The van der Waals surface area contributed by atoms with E-state index in [2.05, 4.69) is 21.8 Å². The van der Waals surface area contributed by atoms with Gasteiger partial charge in [-0.2, -0.15) is 0 Å². The third-order valence-corrected chi connectivity index (χ3v) is 1.34. The van der Waals surface area contributed by atoms with Gasteiger partial charge < -0.3 is 24.2 Å². The fraction of sp³-hybridized carbons (Fsp3) is 0.833. The Bertz CT molecular complexity index is 152. The number of hydrogen-bond acceptors (Lipinski definition) is 7. The molecule has 78 valence electrons. The highest BCUT2D eigenvalue weighted by Crippen LogP contribution is 1.98. The van der Waals surface area contributed by atoms with E-state index in [0.717, 1.165) is 0 Å². The molecule has 0 rings (SSSR count). The van der Waals surface area contributed by atoms with Crippen molar-refractivity contribution in [2.24, 2.45) is 0 Å². The van der Waals surface area contributed by atoms with Gasteiger partial charge in [-0.1, -0.05) is 0 Å². The van der Waals surface area contributed by atoms with Crippen molar-refractivity contribution < 1.29 is 29.0 Å². The van der Waals surface area contributed by atoms with Gasteiger partial charge in [-0.15, -0.1) is 0 Å². The first-order valence-electron chi connectivity index (χ1n) is 3.53. The summed E-state index contributed by atoms with van der Waals surface area (Å²) >= 11 is 3.33. The average molecular weight is 212 g/mol. The van der Waals surface area contributed by atoms with E-state index in [0.29, 0.717) is 0 Å². The maximum absolute atomic E-state index is 10.8. The SMILES string of the molecule is O=C(OCCO)C(O)C(O)COS. The van der Waals surface area contributed by atoms with Crippen molar-refractivity contribution >= 4 is 18.9 Å². The Morgan fingerprint density at radius 1 is 1.46 bits per heavy atom. The first-order chi connectivity index (χ1) is 6.13. The van der Waals surface area contributed by atoms with Crippen LogP contribution in [0.4, 0.5) is 0 Å². The third-order valence-electron chi connectivity index (χ3n) is 1.19. The molecule has 13 heavy (non-hydrogen) atoms. The quantitative estimate of drug-likeness (QED) is 0.233. The van der Waals surface area contributed by atoms with Gasteiger partial charge in [-0.25, -0.2) is 4.79 Å². The number of rotatable bonds is 6. The van der Waals surface area contributed by atoms with Crippen LogP contribution in [0.15, 0.2) is 0 Å². The van der Waals surface area contributed by atoms with Crippen LogP contribution < -0.4 is 0 Å². The Balaban J connectivity index is 3.79. The minimum atomic E-state index is -1.68. The van der Waals surface area contributed by atoms with Crippen LogP contribution in [0.25, 0.3) is 0 Å². The van der Waals surface area contributed by atoms with Crippen LogP contribution in [0, 0.1) is 0 Å². The number of thiol groups is 1. The minimum Gasteiger partial charge on any atom is -0.461 e. The highest BCUT2D eigenvalue weighted by molar-refractivity contribution is 7.75. The van der Waals surface area contributed by atoms with Gasteiger partial charge in [0, 0.05) is 0 Å². The summed E-state index contributed by atoms with van der Waals surface area (Å²) in [5, 5.41) is 26.3. The zero-order chi connectivity index (χ0) is 10.3. The lowest BCUT2D eigenvalue weighted by molar-refractivity contribution is -0.161. The van der Waals surface area contributed by atoms with Crippen LogP contribution in [0.5, 0.6) is 0 Å². The van der Waals surface area contributed by atoms with Gasteiger partial charge in [0.15, 0.2) is 6.10 Å². The van der Waals surface area contributed by atoms with Gasteiger partial charge in [0.2, 0.25) is 0 Å². The molecule has 0 amide bonds. The van der Waals surface area contributed by atoms with Gasteiger partial charge in [0.25, 0.3) is 0 Å². The molecular weight excluding hydrogens is 200 g/mol. The summed E-state index contributed by atoms with van der Waals surface area (Å²) < 4.78 is 8.55. The number of hydrogen-bond donors (Lipinski definition) is 4. The third kappa shape index (κ3) is 5.06. The first kappa shape index (κ1) is 12.7. The number of ether oxygens (including phenoxy) is 1. The predicted molar refractivity (Wildman–Crippen MR) is 45.0 cm³/mol. The Morgan fingerprint density at radius 2 is 2.08 bits per heavy atom. The molecule has 0 radical (unpaired) electrons. The zero-order valence-corrected chi connectivity index (χ0v) is 7.68. The molecule has 0 fully saturated rings. The normalized spacial score (nSPS) is 15.1. The van der Waals surface area contributed by atoms with E-state index in [1.54, 1.807) is 0 Å². The van der Waals surface area contributed by atoms with Gasteiger partial charge in [0.05, 0.1) is 13.2 Å². The molecule has 0 aromatic carbocycles. The van der Waals surface area contributed by atoms with Gasteiger partial charge in [-0.05, 0) is 12.9 Å². The molecule has 0 aliphatic heterocycles. The minimum absolute atomic E-state index is 0.218. The Hall–Kier alpha value is -0.340. The lowest BCUT2D eigenvalue weighted by Gasteiger charge is -2.14. The van der Waals surface area contributed by atoms with E-state index in [9.17, 15) is 4.79 Å². The highest BCUT2D eigenvalue weighted by Gasteiger charge is 2.25. The molecular formula is C6H12O6S. The van der Waals surface area contributed by atoms with Crippen LogP contribution >= 0.6 is 12.9 Å². The average Bonchev–Trinajstić information content (AvgIpc) is 2.13. The number of carbonyl (C=O) groups excluding carboxylic acids is 1. The molecule has 0 aliphatic rings. The lowest BCUT2D eigenvalue weighted by atomic mass is 10.2. The molecule has 0 bridgehead atoms. The number of esters is 1. The first-order valence-corrected chi connectivity index (χ1v) is 3.90. The maximum Gasteiger partial charge on any atom is 0.337 e. The van der Waals surface area contributed by atoms with E-state index in [1.165, 1.54) is 0 Å². The van der Waals surface area contributed by atoms with E-state index >= 15 is 0 Å². The standard InChI is InChI=1S/C6H12O6S/c7-1-2-11-6(10)5(9)4(8)3-12-13/h4-5,7-9,13H,1-3H2.